The second kappa shape index (κ2) is 9.55. The molecule has 2 aromatic carbocycles. The minimum atomic E-state index is -0.214. The summed E-state index contributed by atoms with van der Waals surface area (Å²) in [4.78, 5) is 16.9. The molecule has 1 aliphatic heterocycles. The number of nitrogens with zero attached hydrogens (tertiary/aromatic N) is 2. The van der Waals surface area contributed by atoms with Gasteiger partial charge in [-0.05, 0) is 50.2 Å². The fourth-order valence-electron chi connectivity index (χ4n) is 3.28. The van der Waals surface area contributed by atoms with Gasteiger partial charge in [-0.1, -0.05) is 12.1 Å². The quantitative estimate of drug-likeness (QED) is 0.788. The lowest BCUT2D eigenvalue weighted by atomic mass is 10.2. The predicted octanol–water partition coefficient (Wildman–Crippen LogP) is 3.76. The van der Waals surface area contributed by atoms with Gasteiger partial charge in [-0.2, -0.15) is 0 Å². The molecule has 5 nitrogen and oxygen atoms in total. The van der Waals surface area contributed by atoms with Crippen LogP contribution in [0.2, 0.25) is 0 Å². The molecule has 1 saturated heterocycles. The molecule has 28 heavy (non-hydrogen) atoms. The lowest BCUT2D eigenvalue weighted by Crippen LogP contribution is -2.47. The van der Waals surface area contributed by atoms with Gasteiger partial charge in [0.15, 0.2) is 0 Å². The number of para-hydroxylation sites is 2. The highest BCUT2D eigenvalue weighted by molar-refractivity contribution is 5.92. The zero-order valence-electron chi connectivity index (χ0n) is 16.5. The van der Waals surface area contributed by atoms with E-state index in [0.29, 0.717) is 17.9 Å². The van der Waals surface area contributed by atoms with Gasteiger partial charge < -0.3 is 15.0 Å². The first-order chi connectivity index (χ1) is 13.5. The van der Waals surface area contributed by atoms with Crippen LogP contribution in [0.25, 0.3) is 0 Å². The van der Waals surface area contributed by atoms with Crippen LogP contribution in [0.4, 0.5) is 15.8 Å². The fraction of sp³-hybridized carbons (Fsp3) is 0.409. The summed E-state index contributed by atoms with van der Waals surface area (Å²) in [5.74, 6) is 0.466. The van der Waals surface area contributed by atoms with E-state index in [2.05, 4.69) is 15.1 Å². The summed E-state index contributed by atoms with van der Waals surface area (Å²) in [6.45, 7) is 8.16. The summed E-state index contributed by atoms with van der Waals surface area (Å²) in [7, 11) is 0. The molecule has 0 atom stereocenters. The molecule has 1 N–H and O–H groups in total. The van der Waals surface area contributed by atoms with E-state index in [1.165, 1.54) is 12.1 Å². The van der Waals surface area contributed by atoms with Crippen molar-refractivity contribution < 1.29 is 13.9 Å². The highest BCUT2D eigenvalue weighted by Gasteiger charge is 2.18. The largest absolute Gasteiger partial charge is 0.489 e. The molecule has 0 spiro atoms. The normalized spacial score (nSPS) is 14.9. The second-order valence-corrected chi connectivity index (χ2v) is 7.27. The van der Waals surface area contributed by atoms with E-state index in [4.69, 9.17) is 4.74 Å². The molecule has 2 aromatic rings. The van der Waals surface area contributed by atoms with E-state index >= 15 is 0 Å². The number of piperazine rings is 1. The van der Waals surface area contributed by atoms with E-state index in [9.17, 15) is 9.18 Å². The van der Waals surface area contributed by atoms with Crippen LogP contribution in [0.5, 0.6) is 5.75 Å². The summed E-state index contributed by atoms with van der Waals surface area (Å²) < 4.78 is 18.8. The number of anilines is 2. The van der Waals surface area contributed by atoms with Gasteiger partial charge in [-0.3, -0.25) is 9.69 Å². The highest BCUT2D eigenvalue weighted by atomic mass is 19.1. The topological polar surface area (TPSA) is 44.8 Å². The number of nitrogens with one attached hydrogen (secondary N) is 1. The Balaban J connectivity index is 1.44. The first kappa shape index (κ1) is 20.1. The molecule has 1 amide bonds. The average Bonchev–Trinajstić information content (AvgIpc) is 2.69. The summed E-state index contributed by atoms with van der Waals surface area (Å²) in [6, 6.07) is 14.1. The molecule has 1 fully saturated rings. The zero-order valence-corrected chi connectivity index (χ0v) is 16.5. The fourth-order valence-corrected chi connectivity index (χ4v) is 3.28. The van der Waals surface area contributed by atoms with Crippen molar-refractivity contribution in [3.8, 4) is 5.75 Å². The third-order valence-corrected chi connectivity index (χ3v) is 4.74. The van der Waals surface area contributed by atoms with Crippen molar-refractivity contribution in [1.29, 1.82) is 0 Å². The van der Waals surface area contributed by atoms with Crippen LogP contribution in [0, 0.1) is 5.82 Å². The predicted molar refractivity (Wildman–Crippen MR) is 111 cm³/mol. The van der Waals surface area contributed by atoms with Crippen LogP contribution in [0.1, 0.15) is 20.3 Å². The number of benzene rings is 2. The average molecular weight is 385 g/mol. The van der Waals surface area contributed by atoms with Crippen molar-refractivity contribution in [3.05, 3.63) is 54.3 Å². The number of hydrogen-bond donors (Lipinski definition) is 1. The van der Waals surface area contributed by atoms with Crippen molar-refractivity contribution in [2.24, 2.45) is 0 Å². The van der Waals surface area contributed by atoms with Gasteiger partial charge >= 0.3 is 0 Å². The highest BCUT2D eigenvalue weighted by Crippen LogP contribution is 2.25. The molecule has 0 radical (unpaired) electrons. The van der Waals surface area contributed by atoms with E-state index in [-0.39, 0.29) is 17.8 Å². The van der Waals surface area contributed by atoms with Crippen molar-refractivity contribution in [3.63, 3.8) is 0 Å². The Hall–Kier alpha value is -2.60. The van der Waals surface area contributed by atoms with Crippen molar-refractivity contribution in [2.75, 3.05) is 42.9 Å². The van der Waals surface area contributed by atoms with Crippen LogP contribution in [-0.2, 0) is 4.79 Å². The molecule has 0 bridgehead atoms. The zero-order chi connectivity index (χ0) is 19.9. The van der Waals surface area contributed by atoms with Crippen LogP contribution in [0.3, 0.4) is 0 Å². The molecule has 150 valence electrons. The maximum absolute atomic E-state index is 13.1. The summed E-state index contributed by atoms with van der Waals surface area (Å²) in [5.41, 5.74) is 1.75. The third kappa shape index (κ3) is 5.70. The lowest BCUT2D eigenvalue weighted by Gasteiger charge is -2.36. The molecular weight excluding hydrogens is 357 g/mol. The maximum Gasteiger partial charge on any atom is 0.225 e. The summed E-state index contributed by atoms with van der Waals surface area (Å²) in [5, 5.41) is 2.96. The molecular formula is C22H28FN3O2. The molecule has 6 heteroatoms. The van der Waals surface area contributed by atoms with Crippen LogP contribution < -0.4 is 15.0 Å². The number of carbonyl (C=O) groups excluding carboxylic acids is 1. The van der Waals surface area contributed by atoms with E-state index in [1.807, 2.05) is 50.2 Å². The summed E-state index contributed by atoms with van der Waals surface area (Å²) >= 11 is 0. The Morgan fingerprint density at radius 1 is 1.07 bits per heavy atom. The third-order valence-electron chi connectivity index (χ3n) is 4.74. The number of ether oxygens (including phenoxy) is 1. The minimum Gasteiger partial charge on any atom is -0.489 e. The number of halogens is 1. The Morgan fingerprint density at radius 2 is 1.75 bits per heavy atom. The number of carbonyl (C=O) groups is 1. The van der Waals surface area contributed by atoms with Gasteiger partial charge in [0.05, 0.1) is 11.8 Å². The van der Waals surface area contributed by atoms with Crippen LogP contribution in [0.15, 0.2) is 48.5 Å². The SMILES string of the molecule is CC(C)Oc1ccccc1NC(=O)CCN1CCN(c2ccc(F)cc2)CC1. The summed E-state index contributed by atoms with van der Waals surface area (Å²) in [6.07, 6.45) is 0.488. The maximum atomic E-state index is 13.1. The Bertz CT molecular complexity index is 772. The first-order valence-electron chi connectivity index (χ1n) is 9.79. The molecule has 1 aliphatic rings. The smallest absolute Gasteiger partial charge is 0.225 e. The first-order valence-corrected chi connectivity index (χ1v) is 9.79. The van der Waals surface area contributed by atoms with E-state index in [1.54, 1.807) is 0 Å². The molecule has 0 unspecified atom stereocenters. The van der Waals surface area contributed by atoms with Crippen molar-refractivity contribution >= 4 is 17.3 Å². The van der Waals surface area contributed by atoms with Gasteiger partial charge in [-0.15, -0.1) is 0 Å². The van der Waals surface area contributed by atoms with Crippen molar-refractivity contribution in [1.82, 2.24) is 4.90 Å². The standard InChI is InChI=1S/C22H28FN3O2/c1-17(2)28-21-6-4-3-5-20(21)24-22(27)11-12-25-13-15-26(16-14-25)19-9-7-18(23)8-10-19/h3-10,17H,11-16H2,1-2H3,(H,24,27). The Kier molecular flexibility index (Phi) is 6.87. The van der Waals surface area contributed by atoms with Gasteiger partial charge in [0.1, 0.15) is 11.6 Å². The molecule has 0 aliphatic carbocycles. The van der Waals surface area contributed by atoms with Gasteiger partial charge in [-0.25, -0.2) is 4.39 Å². The van der Waals surface area contributed by atoms with Gasteiger partial charge in [0.2, 0.25) is 5.91 Å². The second-order valence-electron chi connectivity index (χ2n) is 7.27. The number of amides is 1. The van der Waals surface area contributed by atoms with Crippen LogP contribution >= 0.6 is 0 Å². The van der Waals surface area contributed by atoms with Gasteiger partial charge in [0.25, 0.3) is 0 Å². The lowest BCUT2D eigenvalue weighted by molar-refractivity contribution is -0.116. The van der Waals surface area contributed by atoms with Gasteiger partial charge in [0, 0.05) is 44.8 Å². The van der Waals surface area contributed by atoms with Crippen molar-refractivity contribution in [2.45, 2.75) is 26.4 Å². The van der Waals surface area contributed by atoms with E-state index < -0.39 is 0 Å². The Morgan fingerprint density at radius 3 is 2.43 bits per heavy atom. The molecule has 1 heterocycles. The molecule has 3 rings (SSSR count). The minimum absolute atomic E-state index is 0.0132. The number of hydrogen-bond acceptors (Lipinski definition) is 4. The molecule has 0 saturated carbocycles. The number of rotatable bonds is 7. The Labute approximate surface area is 166 Å². The van der Waals surface area contributed by atoms with Crippen LogP contribution in [-0.4, -0.2) is 49.6 Å². The monoisotopic (exact) mass is 385 g/mol. The molecule has 0 aromatic heterocycles. The van der Waals surface area contributed by atoms with E-state index in [0.717, 1.165) is 38.4 Å².